The number of para-hydroxylation sites is 2. The number of fused-ring (bicyclic) bond motifs is 1. The summed E-state index contributed by atoms with van der Waals surface area (Å²) in [5, 5.41) is 13.0. The molecule has 0 aliphatic heterocycles. The van der Waals surface area contributed by atoms with Gasteiger partial charge in [-0.25, -0.2) is 9.37 Å². The Labute approximate surface area is 121 Å². The normalized spacial score (nSPS) is 12.3. The Balaban J connectivity index is 1.73. The van der Waals surface area contributed by atoms with Crippen LogP contribution in [0.15, 0.2) is 54.7 Å². The van der Waals surface area contributed by atoms with Crippen LogP contribution in [0.5, 0.6) is 0 Å². The molecule has 3 aromatic rings. The molecule has 0 saturated carbocycles. The summed E-state index contributed by atoms with van der Waals surface area (Å²) in [7, 11) is 0. The van der Waals surface area contributed by atoms with Crippen LogP contribution in [0.3, 0.4) is 0 Å². The molecule has 2 aromatic carbocycles. The molecule has 1 aromatic heterocycles. The summed E-state index contributed by atoms with van der Waals surface area (Å²) in [4.78, 5) is 8.65. The first-order valence-corrected chi connectivity index (χ1v) is 6.62. The van der Waals surface area contributed by atoms with E-state index in [1.807, 2.05) is 24.3 Å². The standard InChI is InChI=1S/C16H14FN3O/c17-12-6-2-1-5-11(12)15(21)9-19-16-10-18-13-7-3-4-8-14(13)20-16/h1-8,10,15,21H,9H2,(H,19,20)/t15-/m1/s1. The predicted molar refractivity (Wildman–Crippen MR) is 79.4 cm³/mol. The number of aliphatic hydroxyl groups is 1. The molecule has 2 N–H and O–H groups in total. The maximum absolute atomic E-state index is 13.6. The zero-order chi connectivity index (χ0) is 14.7. The Bertz CT molecular complexity index is 763. The molecular formula is C16H14FN3O. The Morgan fingerprint density at radius 1 is 1.05 bits per heavy atom. The molecule has 1 heterocycles. The zero-order valence-corrected chi connectivity index (χ0v) is 11.2. The summed E-state index contributed by atoms with van der Waals surface area (Å²) in [6.45, 7) is 0.161. The number of anilines is 1. The molecule has 0 radical (unpaired) electrons. The lowest BCUT2D eigenvalue weighted by Crippen LogP contribution is -2.14. The molecule has 0 aliphatic carbocycles. The van der Waals surface area contributed by atoms with Crippen molar-refractivity contribution in [1.29, 1.82) is 0 Å². The number of aliphatic hydroxyl groups excluding tert-OH is 1. The molecule has 106 valence electrons. The molecule has 21 heavy (non-hydrogen) atoms. The van der Waals surface area contributed by atoms with Crippen molar-refractivity contribution in [2.45, 2.75) is 6.10 Å². The van der Waals surface area contributed by atoms with Gasteiger partial charge in [0.1, 0.15) is 11.6 Å². The Hall–Kier alpha value is -2.53. The highest BCUT2D eigenvalue weighted by atomic mass is 19.1. The summed E-state index contributed by atoms with van der Waals surface area (Å²) >= 11 is 0. The molecule has 3 rings (SSSR count). The minimum atomic E-state index is -0.945. The Kier molecular flexibility index (Phi) is 3.75. The lowest BCUT2D eigenvalue weighted by molar-refractivity contribution is 0.186. The van der Waals surface area contributed by atoms with Crippen LogP contribution in [-0.4, -0.2) is 21.6 Å². The molecular weight excluding hydrogens is 269 g/mol. The van der Waals surface area contributed by atoms with Crippen molar-refractivity contribution in [1.82, 2.24) is 9.97 Å². The molecule has 0 spiro atoms. The average molecular weight is 283 g/mol. The second-order valence-electron chi connectivity index (χ2n) is 4.66. The highest BCUT2D eigenvalue weighted by Gasteiger charge is 2.12. The van der Waals surface area contributed by atoms with E-state index in [9.17, 15) is 9.50 Å². The van der Waals surface area contributed by atoms with Crippen LogP contribution in [0.2, 0.25) is 0 Å². The predicted octanol–water partition coefficient (Wildman–Crippen LogP) is 2.91. The number of nitrogens with zero attached hydrogens (tertiary/aromatic N) is 2. The first-order chi connectivity index (χ1) is 10.2. The second kappa shape index (κ2) is 5.85. The minimum absolute atomic E-state index is 0.161. The van der Waals surface area contributed by atoms with Gasteiger partial charge in [-0.3, -0.25) is 4.98 Å². The van der Waals surface area contributed by atoms with Crippen molar-refractivity contribution in [2.24, 2.45) is 0 Å². The van der Waals surface area contributed by atoms with Crippen LogP contribution in [0.25, 0.3) is 11.0 Å². The first-order valence-electron chi connectivity index (χ1n) is 6.62. The van der Waals surface area contributed by atoms with Crippen LogP contribution in [0.4, 0.5) is 10.2 Å². The van der Waals surface area contributed by atoms with E-state index >= 15 is 0 Å². The van der Waals surface area contributed by atoms with E-state index in [-0.39, 0.29) is 12.1 Å². The average Bonchev–Trinajstić information content (AvgIpc) is 2.53. The van der Waals surface area contributed by atoms with Gasteiger partial charge in [0.2, 0.25) is 0 Å². The van der Waals surface area contributed by atoms with Gasteiger partial charge in [0.15, 0.2) is 0 Å². The van der Waals surface area contributed by atoms with E-state index in [4.69, 9.17) is 0 Å². The molecule has 1 atom stereocenters. The SMILES string of the molecule is O[C@H](CNc1cnc2ccccc2n1)c1ccccc1F. The van der Waals surface area contributed by atoms with E-state index in [0.717, 1.165) is 11.0 Å². The van der Waals surface area contributed by atoms with Gasteiger partial charge in [-0.05, 0) is 18.2 Å². The lowest BCUT2D eigenvalue weighted by atomic mass is 10.1. The van der Waals surface area contributed by atoms with Crippen LogP contribution < -0.4 is 5.32 Å². The summed E-state index contributed by atoms with van der Waals surface area (Å²) in [6, 6.07) is 13.7. The van der Waals surface area contributed by atoms with Crippen LogP contribution >= 0.6 is 0 Å². The number of halogens is 1. The maximum atomic E-state index is 13.6. The van der Waals surface area contributed by atoms with Gasteiger partial charge in [0.25, 0.3) is 0 Å². The lowest BCUT2D eigenvalue weighted by Gasteiger charge is -2.13. The third-order valence-corrected chi connectivity index (χ3v) is 3.19. The zero-order valence-electron chi connectivity index (χ0n) is 11.2. The summed E-state index contributed by atoms with van der Waals surface area (Å²) in [5.41, 5.74) is 1.83. The fourth-order valence-corrected chi connectivity index (χ4v) is 2.10. The molecule has 0 bridgehead atoms. The van der Waals surface area contributed by atoms with Gasteiger partial charge >= 0.3 is 0 Å². The number of nitrogens with one attached hydrogen (secondary N) is 1. The largest absolute Gasteiger partial charge is 0.386 e. The molecule has 0 aliphatic rings. The van der Waals surface area contributed by atoms with Crippen molar-refractivity contribution >= 4 is 16.9 Å². The fourth-order valence-electron chi connectivity index (χ4n) is 2.10. The van der Waals surface area contributed by atoms with Gasteiger partial charge in [-0.15, -0.1) is 0 Å². The number of hydrogen-bond acceptors (Lipinski definition) is 4. The van der Waals surface area contributed by atoms with Gasteiger partial charge in [0.05, 0.1) is 23.3 Å². The number of benzene rings is 2. The Morgan fingerprint density at radius 3 is 2.57 bits per heavy atom. The van der Waals surface area contributed by atoms with Gasteiger partial charge in [-0.2, -0.15) is 0 Å². The Morgan fingerprint density at radius 2 is 1.76 bits per heavy atom. The van der Waals surface area contributed by atoms with Crippen molar-refractivity contribution < 1.29 is 9.50 Å². The third kappa shape index (κ3) is 2.98. The van der Waals surface area contributed by atoms with Crippen LogP contribution in [0.1, 0.15) is 11.7 Å². The van der Waals surface area contributed by atoms with E-state index in [1.54, 1.807) is 24.4 Å². The molecule has 0 amide bonds. The second-order valence-corrected chi connectivity index (χ2v) is 4.66. The van der Waals surface area contributed by atoms with E-state index in [1.165, 1.54) is 6.07 Å². The number of aromatic nitrogens is 2. The van der Waals surface area contributed by atoms with Crippen LogP contribution in [-0.2, 0) is 0 Å². The van der Waals surface area contributed by atoms with Gasteiger partial charge in [0, 0.05) is 12.1 Å². The highest BCUT2D eigenvalue weighted by Crippen LogP contribution is 2.17. The van der Waals surface area contributed by atoms with Crippen LogP contribution in [0, 0.1) is 5.82 Å². The monoisotopic (exact) mass is 283 g/mol. The minimum Gasteiger partial charge on any atom is -0.386 e. The van der Waals surface area contributed by atoms with Crippen molar-refractivity contribution in [3.8, 4) is 0 Å². The highest BCUT2D eigenvalue weighted by molar-refractivity contribution is 5.75. The van der Waals surface area contributed by atoms with Crippen molar-refractivity contribution in [3.05, 3.63) is 66.1 Å². The number of rotatable bonds is 4. The van der Waals surface area contributed by atoms with Gasteiger partial charge in [-0.1, -0.05) is 30.3 Å². The maximum Gasteiger partial charge on any atom is 0.145 e. The molecule has 4 nitrogen and oxygen atoms in total. The topological polar surface area (TPSA) is 58.0 Å². The van der Waals surface area contributed by atoms with E-state index < -0.39 is 11.9 Å². The van der Waals surface area contributed by atoms with Crippen molar-refractivity contribution in [2.75, 3.05) is 11.9 Å². The van der Waals surface area contributed by atoms with E-state index in [0.29, 0.717) is 5.82 Å². The smallest absolute Gasteiger partial charge is 0.145 e. The molecule has 0 unspecified atom stereocenters. The first kappa shape index (κ1) is 13.5. The third-order valence-electron chi connectivity index (χ3n) is 3.19. The van der Waals surface area contributed by atoms with E-state index in [2.05, 4.69) is 15.3 Å². The molecule has 5 heteroatoms. The van der Waals surface area contributed by atoms with Crippen molar-refractivity contribution in [3.63, 3.8) is 0 Å². The quantitative estimate of drug-likeness (QED) is 0.773. The fraction of sp³-hybridized carbons (Fsp3) is 0.125. The van der Waals surface area contributed by atoms with Gasteiger partial charge < -0.3 is 10.4 Å². The number of hydrogen-bond donors (Lipinski definition) is 2. The summed E-state index contributed by atoms with van der Waals surface area (Å²) < 4.78 is 13.6. The molecule has 0 fully saturated rings. The summed E-state index contributed by atoms with van der Waals surface area (Å²) in [6.07, 6.45) is 0.649. The molecule has 0 saturated heterocycles. The summed E-state index contributed by atoms with van der Waals surface area (Å²) in [5.74, 6) is 0.125.